The van der Waals surface area contributed by atoms with Gasteiger partial charge in [0, 0.05) is 21.6 Å². The molecule has 3 rings (SSSR count). The molecule has 0 fully saturated rings. The summed E-state index contributed by atoms with van der Waals surface area (Å²) in [7, 11) is 0. The lowest BCUT2D eigenvalue weighted by Crippen LogP contribution is -2.03. The molecule has 0 aliphatic rings. The van der Waals surface area contributed by atoms with Crippen LogP contribution in [0, 0.1) is 5.82 Å². The van der Waals surface area contributed by atoms with Gasteiger partial charge in [-0.25, -0.2) is 4.39 Å². The molecule has 0 bridgehead atoms. The Morgan fingerprint density at radius 2 is 2.00 bits per heavy atom. The first kappa shape index (κ1) is 14.4. The summed E-state index contributed by atoms with van der Waals surface area (Å²) in [6.45, 7) is 0. The number of halogens is 3. The van der Waals surface area contributed by atoms with Crippen LogP contribution in [0.2, 0.25) is 5.02 Å². The van der Waals surface area contributed by atoms with E-state index in [0.717, 1.165) is 10.9 Å². The summed E-state index contributed by atoms with van der Waals surface area (Å²) in [5, 5.41) is 11.3. The van der Waals surface area contributed by atoms with Gasteiger partial charge in [-0.3, -0.25) is 4.98 Å². The predicted octanol–water partition coefficient (Wildman–Crippen LogP) is 4.87. The van der Waals surface area contributed by atoms with E-state index in [-0.39, 0.29) is 10.6 Å². The van der Waals surface area contributed by atoms with E-state index in [9.17, 15) is 9.50 Å². The van der Waals surface area contributed by atoms with Crippen LogP contribution in [0.25, 0.3) is 10.9 Å². The third-order valence-corrected chi connectivity index (χ3v) is 4.56. The Balaban J connectivity index is 2.08. The van der Waals surface area contributed by atoms with Gasteiger partial charge >= 0.3 is 0 Å². The fourth-order valence-electron chi connectivity index (χ4n) is 2.20. The van der Waals surface area contributed by atoms with Gasteiger partial charge in [0.2, 0.25) is 0 Å². The van der Waals surface area contributed by atoms with Crippen molar-refractivity contribution in [1.82, 2.24) is 4.98 Å². The summed E-state index contributed by atoms with van der Waals surface area (Å²) in [4.78, 5) is 4.21. The zero-order valence-corrected chi connectivity index (χ0v) is 13.1. The number of aliphatic hydroxyl groups excluding tert-OH is 1. The highest BCUT2D eigenvalue weighted by molar-refractivity contribution is 9.10. The van der Waals surface area contributed by atoms with Crippen LogP contribution < -0.4 is 0 Å². The highest BCUT2D eigenvalue weighted by Gasteiger charge is 2.19. The molecule has 3 aromatic rings. The van der Waals surface area contributed by atoms with Gasteiger partial charge in [-0.1, -0.05) is 29.8 Å². The Morgan fingerprint density at radius 1 is 1.19 bits per heavy atom. The lowest BCUT2D eigenvalue weighted by molar-refractivity contribution is 0.215. The van der Waals surface area contributed by atoms with Crippen molar-refractivity contribution in [1.29, 1.82) is 0 Å². The fraction of sp³-hybridized carbons (Fsp3) is 0.0625. The van der Waals surface area contributed by atoms with Crippen LogP contribution in [0.3, 0.4) is 0 Å². The number of benzene rings is 2. The van der Waals surface area contributed by atoms with E-state index in [1.54, 1.807) is 30.5 Å². The number of rotatable bonds is 2. The Bertz CT molecular complexity index is 824. The van der Waals surface area contributed by atoms with Gasteiger partial charge in [0.1, 0.15) is 11.9 Å². The van der Waals surface area contributed by atoms with E-state index >= 15 is 0 Å². The molecule has 0 saturated carbocycles. The number of pyridine rings is 1. The Morgan fingerprint density at radius 3 is 2.81 bits per heavy atom. The number of nitrogens with zero attached hydrogens (tertiary/aromatic N) is 1. The molecule has 0 aliphatic carbocycles. The molecule has 106 valence electrons. The van der Waals surface area contributed by atoms with E-state index in [2.05, 4.69) is 20.9 Å². The molecule has 21 heavy (non-hydrogen) atoms. The molecule has 1 heterocycles. The van der Waals surface area contributed by atoms with Crippen LogP contribution in [-0.4, -0.2) is 10.1 Å². The molecule has 1 unspecified atom stereocenters. The van der Waals surface area contributed by atoms with Crippen molar-refractivity contribution in [3.05, 3.63) is 75.1 Å². The van der Waals surface area contributed by atoms with E-state index in [1.807, 2.05) is 12.1 Å². The first-order chi connectivity index (χ1) is 10.1. The zero-order chi connectivity index (χ0) is 15.0. The van der Waals surface area contributed by atoms with Crippen molar-refractivity contribution >= 4 is 38.4 Å². The van der Waals surface area contributed by atoms with Crippen LogP contribution in [0.15, 0.2) is 53.1 Å². The Labute approximate surface area is 134 Å². The maximum atomic E-state index is 14.2. The number of aromatic nitrogens is 1. The minimum absolute atomic E-state index is 0.0333. The highest BCUT2D eigenvalue weighted by Crippen LogP contribution is 2.33. The number of hydrogen-bond acceptors (Lipinski definition) is 2. The molecular formula is C16H10BrClFNO. The van der Waals surface area contributed by atoms with Crippen LogP contribution in [-0.2, 0) is 0 Å². The number of aliphatic hydroxyl groups is 1. The van der Waals surface area contributed by atoms with Gasteiger partial charge in [0.05, 0.1) is 10.5 Å². The van der Waals surface area contributed by atoms with Crippen molar-refractivity contribution in [2.75, 3.05) is 0 Å². The average molecular weight is 367 g/mol. The molecule has 0 amide bonds. The third kappa shape index (κ3) is 2.67. The van der Waals surface area contributed by atoms with Gasteiger partial charge < -0.3 is 5.11 Å². The standard InChI is InChI=1S/C16H10BrClFNO/c17-12-5-4-11(15(19)14(12)18)16(21)10-3-6-13-9(8-10)2-1-7-20-13/h1-8,16,21H. The second-order valence-electron chi connectivity index (χ2n) is 4.62. The topological polar surface area (TPSA) is 33.1 Å². The van der Waals surface area contributed by atoms with Gasteiger partial charge in [-0.2, -0.15) is 0 Å². The molecule has 2 nitrogen and oxygen atoms in total. The summed E-state index contributed by atoms with van der Waals surface area (Å²) in [5.74, 6) is -0.621. The smallest absolute Gasteiger partial charge is 0.149 e. The van der Waals surface area contributed by atoms with E-state index in [0.29, 0.717) is 10.0 Å². The van der Waals surface area contributed by atoms with E-state index < -0.39 is 11.9 Å². The van der Waals surface area contributed by atoms with Crippen molar-refractivity contribution < 1.29 is 9.50 Å². The van der Waals surface area contributed by atoms with Crippen molar-refractivity contribution in [2.24, 2.45) is 0 Å². The normalized spacial score (nSPS) is 12.6. The van der Waals surface area contributed by atoms with E-state index in [4.69, 9.17) is 11.6 Å². The molecule has 0 radical (unpaired) electrons. The lowest BCUT2D eigenvalue weighted by atomic mass is 9.99. The number of fused-ring (bicyclic) bond motifs is 1. The van der Waals surface area contributed by atoms with Gasteiger partial charge in [0.25, 0.3) is 0 Å². The summed E-state index contributed by atoms with van der Waals surface area (Å²) in [6.07, 6.45) is 0.618. The summed E-state index contributed by atoms with van der Waals surface area (Å²) >= 11 is 9.02. The summed E-state index contributed by atoms with van der Waals surface area (Å²) in [6, 6.07) is 12.2. The average Bonchev–Trinajstić information content (AvgIpc) is 2.52. The molecule has 1 N–H and O–H groups in total. The Hall–Kier alpha value is -1.49. The molecule has 0 saturated heterocycles. The minimum Gasteiger partial charge on any atom is -0.384 e. The Kier molecular flexibility index (Phi) is 3.93. The van der Waals surface area contributed by atoms with Crippen LogP contribution in [0.1, 0.15) is 17.2 Å². The van der Waals surface area contributed by atoms with Crippen LogP contribution >= 0.6 is 27.5 Å². The van der Waals surface area contributed by atoms with Crippen LogP contribution in [0.4, 0.5) is 4.39 Å². The third-order valence-electron chi connectivity index (χ3n) is 3.30. The zero-order valence-electron chi connectivity index (χ0n) is 10.7. The second-order valence-corrected chi connectivity index (χ2v) is 5.85. The molecule has 0 aliphatic heterocycles. The first-order valence-corrected chi connectivity index (χ1v) is 7.41. The van der Waals surface area contributed by atoms with Gasteiger partial charge in [-0.15, -0.1) is 0 Å². The summed E-state index contributed by atoms with van der Waals surface area (Å²) < 4.78 is 14.6. The van der Waals surface area contributed by atoms with Crippen molar-refractivity contribution in [3.63, 3.8) is 0 Å². The SMILES string of the molecule is OC(c1ccc2ncccc2c1)c1ccc(Br)c(Cl)c1F. The maximum Gasteiger partial charge on any atom is 0.149 e. The second kappa shape index (κ2) is 5.72. The van der Waals surface area contributed by atoms with Crippen molar-refractivity contribution in [2.45, 2.75) is 6.10 Å². The first-order valence-electron chi connectivity index (χ1n) is 6.24. The molecule has 1 aromatic heterocycles. The quantitative estimate of drug-likeness (QED) is 0.656. The fourth-order valence-corrected chi connectivity index (χ4v) is 2.67. The largest absolute Gasteiger partial charge is 0.384 e. The van der Waals surface area contributed by atoms with Crippen molar-refractivity contribution in [3.8, 4) is 0 Å². The monoisotopic (exact) mass is 365 g/mol. The molecule has 0 spiro atoms. The van der Waals surface area contributed by atoms with Gasteiger partial charge in [-0.05, 0) is 45.8 Å². The lowest BCUT2D eigenvalue weighted by Gasteiger charge is -2.14. The highest BCUT2D eigenvalue weighted by atomic mass is 79.9. The van der Waals surface area contributed by atoms with Gasteiger partial charge in [0.15, 0.2) is 0 Å². The summed E-state index contributed by atoms with van der Waals surface area (Å²) in [5.41, 5.74) is 1.56. The number of hydrogen-bond donors (Lipinski definition) is 1. The molecule has 1 atom stereocenters. The minimum atomic E-state index is -1.08. The molecule has 2 aromatic carbocycles. The maximum absolute atomic E-state index is 14.2. The predicted molar refractivity (Wildman–Crippen MR) is 84.9 cm³/mol. The van der Waals surface area contributed by atoms with Crippen LogP contribution in [0.5, 0.6) is 0 Å². The molecular weight excluding hydrogens is 357 g/mol. The molecule has 5 heteroatoms. The van der Waals surface area contributed by atoms with E-state index in [1.165, 1.54) is 6.07 Å².